The van der Waals surface area contributed by atoms with E-state index in [9.17, 15) is 4.79 Å². The first-order chi connectivity index (χ1) is 9.11. The zero-order chi connectivity index (χ0) is 13.4. The van der Waals surface area contributed by atoms with Gasteiger partial charge in [-0.25, -0.2) is 4.98 Å². The summed E-state index contributed by atoms with van der Waals surface area (Å²) in [5.41, 5.74) is 9.03. The van der Waals surface area contributed by atoms with Crippen LogP contribution < -0.4 is 16.2 Å². The van der Waals surface area contributed by atoms with E-state index in [-0.39, 0.29) is 5.56 Å². The minimum Gasteiger partial charge on any atom is -0.399 e. The van der Waals surface area contributed by atoms with Crippen molar-refractivity contribution in [3.05, 3.63) is 51.6 Å². The Kier molecular flexibility index (Phi) is 2.74. The van der Waals surface area contributed by atoms with Crippen LogP contribution in [0.15, 0.2) is 29.1 Å². The van der Waals surface area contributed by atoms with Crippen LogP contribution in [0.4, 0.5) is 11.5 Å². The number of nitrogens with zero attached hydrogens (tertiary/aromatic N) is 2. The minimum atomic E-state index is -0.110. The molecule has 1 aromatic heterocycles. The molecule has 0 aliphatic carbocycles. The van der Waals surface area contributed by atoms with Crippen LogP contribution in [0.25, 0.3) is 0 Å². The first kappa shape index (κ1) is 11.8. The van der Waals surface area contributed by atoms with Crippen molar-refractivity contribution in [1.29, 1.82) is 0 Å². The van der Waals surface area contributed by atoms with Gasteiger partial charge in [0, 0.05) is 24.8 Å². The molecule has 1 aliphatic rings. The SMILES string of the molecule is Cc1nc(N2CCc3ccc(N)cc3C2)cc(=O)[nH]1. The Balaban J connectivity index is 1.94. The third-order valence-electron chi connectivity index (χ3n) is 3.41. The zero-order valence-electron chi connectivity index (χ0n) is 10.8. The van der Waals surface area contributed by atoms with Gasteiger partial charge in [0.15, 0.2) is 0 Å². The van der Waals surface area contributed by atoms with Gasteiger partial charge in [0.05, 0.1) is 0 Å². The van der Waals surface area contributed by atoms with Gasteiger partial charge < -0.3 is 15.6 Å². The molecule has 2 heterocycles. The first-order valence-corrected chi connectivity index (χ1v) is 6.32. The number of hydrogen-bond acceptors (Lipinski definition) is 4. The topological polar surface area (TPSA) is 75.0 Å². The fourth-order valence-corrected chi connectivity index (χ4v) is 2.50. The molecule has 3 N–H and O–H groups in total. The number of rotatable bonds is 1. The molecule has 0 saturated heterocycles. The van der Waals surface area contributed by atoms with Crippen molar-refractivity contribution in [2.75, 3.05) is 17.2 Å². The van der Waals surface area contributed by atoms with Gasteiger partial charge in [0.25, 0.3) is 5.56 Å². The number of anilines is 2. The summed E-state index contributed by atoms with van der Waals surface area (Å²) in [6, 6.07) is 7.56. The highest BCUT2D eigenvalue weighted by Gasteiger charge is 2.18. The molecular weight excluding hydrogens is 240 g/mol. The predicted octanol–water partition coefficient (Wildman–Crippen LogP) is 1.22. The zero-order valence-corrected chi connectivity index (χ0v) is 10.8. The molecule has 1 aliphatic heterocycles. The van der Waals surface area contributed by atoms with Gasteiger partial charge in [-0.05, 0) is 36.6 Å². The number of benzene rings is 1. The van der Waals surface area contributed by atoms with Gasteiger partial charge in [-0.1, -0.05) is 6.07 Å². The fourth-order valence-electron chi connectivity index (χ4n) is 2.50. The highest BCUT2D eigenvalue weighted by Crippen LogP contribution is 2.24. The lowest BCUT2D eigenvalue weighted by molar-refractivity contribution is 0.716. The maximum atomic E-state index is 11.5. The maximum absolute atomic E-state index is 11.5. The Bertz CT molecular complexity index is 677. The fraction of sp³-hybridized carbons (Fsp3) is 0.286. The van der Waals surface area contributed by atoms with Crippen molar-refractivity contribution in [1.82, 2.24) is 9.97 Å². The van der Waals surface area contributed by atoms with Crippen LogP contribution in [0.5, 0.6) is 0 Å². The summed E-state index contributed by atoms with van der Waals surface area (Å²) in [5.74, 6) is 1.37. The van der Waals surface area contributed by atoms with E-state index in [2.05, 4.69) is 20.9 Å². The number of H-pyrrole nitrogens is 1. The molecule has 2 aromatic rings. The highest BCUT2D eigenvalue weighted by molar-refractivity contribution is 5.49. The molecule has 3 rings (SSSR count). The Morgan fingerprint density at radius 1 is 1.32 bits per heavy atom. The van der Waals surface area contributed by atoms with E-state index >= 15 is 0 Å². The summed E-state index contributed by atoms with van der Waals surface area (Å²) < 4.78 is 0. The molecule has 5 nitrogen and oxygen atoms in total. The summed E-state index contributed by atoms with van der Waals surface area (Å²) >= 11 is 0. The van der Waals surface area contributed by atoms with E-state index in [0.717, 1.165) is 31.0 Å². The summed E-state index contributed by atoms with van der Waals surface area (Å²) in [6.45, 7) is 3.41. The van der Waals surface area contributed by atoms with Gasteiger partial charge in [-0.3, -0.25) is 4.79 Å². The van der Waals surface area contributed by atoms with Crippen LogP contribution >= 0.6 is 0 Å². The molecule has 0 amide bonds. The van der Waals surface area contributed by atoms with E-state index in [1.165, 1.54) is 11.1 Å². The predicted molar refractivity (Wildman–Crippen MR) is 75.2 cm³/mol. The normalized spacial score (nSPS) is 14.3. The molecule has 19 heavy (non-hydrogen) atoms. The first-order valence-electron chi connectivity index (χ1n) is 6.32. The van der Waals surface area contributed by atoms with Crippen LogP contribution in [-0.2, 0) is 13.0 Å². The van der Waals surface area contributed by atoms with Crippen molar-refractivity contribution in [3.8, 4) is 0 Å². The van der Waals surface area contributed by atoms with Gasteiger partial charge in [0.1, 0.15) is 11.6 Å². The number of nitrogens with one attached hydrogen (secondary N) is 1. The lowest BCUT2D eigenvalue weighted by Gasteiger charge is -2.29. The molecule has 0 atom stereocenters. The van der Waals surface area contributed by atoms with Crippen LogP contribution in [0.3, 0.4) is 0 Å². The second-order valence-corrected chi connectivity index (χ2v) is 4.89. The van der Waals surface area contributed by atoms with Crippen LogP contribution in [0.2, 0.25) is 0 Å². The molecule has 1 aromatic carbocycles. The molecule has 0 bridgehead atoms. The summed E-state index contributed by atoms with van der Waals surface area (Å²) in [6.07, 6.45) is 0.948. The smallest absolute Gasteiger partial charge is 0.252 e. The van der Waals surface area contributed by atoms with E-state index in [4.69, 9.17) is 5.73 Å². The van der Waals surface area contributed by atoms with E-state index in [1.807, 2.05) is 12.1 Å². The number of hydrogen-bond donors (Lipinski definition) is 2. The highest BCUT2D eigenvalue weighted by atomic mass is 16.1. The largest absolute Gasteiger partial charge is 0.399 e. The molecule has 0 saturated carbocycles. The van der Waals surface area contributed by atoms with Crippen molar-refractivity contribution in [2.24, 2.45) is 0 Å². The second-order valence-electron chi connectivity index (χ2n) is 4.89. The van der Waals surface area contributed by atoms with Gasteiger partial charge in [0.2, 0.25) is 0 Å². The summed E-state index contributed by atoms with van der Waals surface area (Å²) in [7, 11) is 0. The van der Waals surface area contributed by atoms with Crippen LogP contribution in [0, 0.1) is 6.92 Å². The molecule has 0 spiro atoms. The van der Waals surface area contributed by atoms with E-state index < -0.39 is 0 Å². The average molecular weight is 256 g/mol. The molecule has 0 unspecified atom stereocenters. The molecule has 98 valence electrons. The minimum absolute atomic E-state index is 0.110. The van der Waals surface area contributed by atoms with Gasteiger partial charge in [-0.2, -0.15) is 0 Å². The second kappa shape index (κ2) is 4.42. The quantitative estimate of drug-likeness (QED) is 0.752. The van der Waals surface area contributed by atoms with Gasteiger partial charge in [-0.15, -0.1) is 0 Å². The number of fused-ring (bicyclic) bond motifs is 1. The van der Waals surface area contributed by atoms with Crippen molar-refractivity contribution < 1.29 is 0 Å². The Morgan fingerprint density at radius 2 is 2.16 bits per heavy atom. The molecule has 0 radical (unpaired) electrons. The number of aromatic amines is 1. The Morgan fingerprint density at radius 3 is 2.95 bits per heavy atom. The Hall–Kier alpha value is -2.30. The summed E-state index contributed by atoms with van der Waals surface area (Å²) in [4.78, 5) is 20.7. The number of nitrogens with two attached hydrogens (primary N) is 1. The molecular formula is C14H16N4O. The van der Waals surface area contributed by atoms with E-state index in [0.29, 0.717) is 5.82 Å². The maximum Gasteiger partial charge on any atom is 0.252 e. The van der Waals surface area contributed by atoms with Gasteiger partial charge >= 0.3 is 0 Å². The van der Waals surface area contributed by atoms with E-state index in [1.54, 1.807) is 13.0 Å². The van der Waals surface area contributed by atoms with Crippen molar-refractivity contribution in [2.45, 2.75) is 19.9 Å². The summed E-state index contributed by atoms with van der Waals surface area (Å²) in [5, 5.41) is 0. The molecule has 5 heteroatoms. The average Bonchev–Trinajstić information content (AvgIpc) is 2.36. The standard InChI is InChI=1S/C14H16N4O/c1-9-16-13(7-14(19)17-9)18-5-4-10-2-3-12(15)6-11(10)8-18/h2-3,6-7H,4-5,8,15H2,1H3,(H,16,17,19). The number of aryl methyl sites for hydroxylation is 1. The number of aromatic nitrogens is 2. The number of nitrogen functional groups attached to an aromatic ring is 1. The molecule has 0 fully saturated rings. The van der Waals surface area contributed by atoms with Crippen molar-refractivity contribution >= 4 is 11.5 Å². The van der Waals surface area contributed by atoms with Crippen LogP contribution in [0.1, 0.15) is 17.0 Å². The lowest BCUT2D eigenvalue weighted by atomic mass is 9.99. The monoisotopic (exact) mass is 256 g/mol. The third-order valence-corrected chi connectivity index (χ3v) is 3.41. The van der Waals surface area contributed by atoms with Crippen LogP contribution in [-0.4, -0.2) is 16.5 Å². The lowest BCUT2D eigenvalue weighted by Crippen LogP contribution is -2.32. The third kappa shape index (κ3) is 2.31. The van der Waals surface area contributed by atoms with Crippen molar-refractivity contribution in [3.63, 3.8) is 0 Å². The Labute approximate surface area is 111 Å².